The van der Waals surface area contributed by atoms with Crippen LogP contribution >= 0.6 is 0 Å². The van der Waals surface area contributed by atoms with E-state index in [9.17, 15) is 9.90 Å². The molecule has 1 saturated carbocycles. The van der Waals surface area contributed by atoms with Crippen LogP contribution in [-0.4, -0.2) is 60.7 Å². The van der Waals surface area contributed by atoms with E-state index < -0.39 is 0 Å². The van der Waals surface area contributed by atoms with E-state index >= 15 is 0 Å². The molecule has 156 valence electrons. The van der Waals surface area contributed by atoms with Crippen LogP contribution in [0.5, 0.6) is 0 Å². The minimum Gasteiger partial charge on any atom is -0.396 e. The van der Waals surface area contributed by atoms with Crippen molar-refractivity contribution in [3.05, 3.63) is 0 Å². The van der Waals surface area contributed by atoms with Crippen LogP contribution in [-0.2, 0) is 4.79 Å². The van der Waals surface area contributed by atoms with E-state index in [4.69, 9.17) is 4.99 Å². The van der Waals surface area contributed by atoms with E-state index in [0.29, 0.717) is 12.5 Å². The van der Waals surface area contributed by atoms with Gasteiger partial charge < -0.3 is 20.6 Å². The molecule has 3 N–H and O–H groups in total. The number of aliphatic hydroxyl groups is 1. The Balaban J connectivity index is 1.90. The normalized spacial score (nSPS) is 22.1. The lowest BCUT2D eigenvalue weighted by Gasteiger charge is -2.28. The first-order chi connectivity index (χ1) is 13.1. The van der Waals surface area contributed by atoms with Gasteiger partial charge in [0.25, 0.3) is 0 Å². The van der Waals surface area contributed by atoms with E-state index in [1.165, 1.54) is 19.3 Å². The van der Waals surface area contributed by atoms with Crippen molar-refractivity contribution in [1.29, 1.82) is 0 Å². The Labute approximate surface area is 165 Å². The van der Waals surface area contributed by atoms with Crippen LogP contribution in [0.4, 0.5) is 0 Å². The number of nitrogens with zero attached hydrogens (tertiary/aromatic N) is 2. The van der Waals surface area contributed by atoms with Crippen molar-refractivity contribution >= 4 is 11.9 Å². The van der Waals surface area contributed by atoms with Gasteiger partial charge in [0.1, 0.15) is 0 Å². The first-order valence-corrected chi connectivity index (χ1v) is 11.0. The van der Waals surface area contributed by atoms with E-state index in [1.54, 1.807) is 0 Å². The van der Waals surface area contributed by atoms with Gasteiger partial charge in [0, 0.05) is 37.0 Å². The van der Waals surface area contributed by atoms with Crippen molar-refractivity contribution in [2.24, 2.45) is 16.3 Å². The molecule has 1 amide bonds. The summed E-state index contributed by atoms with van der Waals surface area (Å²) in [4.78, 5) is 19.6. The molecule has 27 heavy (non-hydrogen) atoms. The van der Waals surface area contributed by atoms with Crippen molar-refractivity contribution in [3.8, 4) is 0 Å². The van der Waals surface area contributed by atoms with Gasteiger partial charge in [-0.1, -0.05) is 33.1 Å². The molecule has 1 heterocycles. The highest BCUT2D eigenvalue weighted by atomic mass is 16.3. The second-order valence-electron chi connectivity index (χ2n) is 8.31. The molecule has 1 atom stereocenters. The Morgan fingerprint density at radius 3 is 2.44 bits per heavy atom. The summed E-state index contributed by atoms with van der Waals surface area (Å²) >= 11 is 0. The number of aliphatic hydroxyl groups excluding tert-OH is 1. The van der Waals surface area contributed by atoms with Gasteiger partial charge in [-0.05, 0) is 39.0 Å². The Morgan fingerprint density at radius 1 is 1.15 bits per heavy atom. The number of rotatable bonds is 8. The first-order valence-electron chi connectivity index (χ1n) is 11.0. The summed E-state index contributed by atoms with van der Waals surface area (Å²) in [6, 6.07) is 0.252. The lowest BCUT2D eigenvalue weighted by atomic mass is 9.83. The second-order valence-corrected chi connectivity index (χ2v) is 8.31. The maximum atomic E-state index is 12.8. The van der Waals surface area contributed by atoms with Crippen LogP contribution in [0.25, 0.3) is 0 Å². The quantitative estimate of drug-likeness (QED) is 0.447. The van der Waals surface area contributed by atoms with Gasteiger partial charge in [-0.3, -0.25) is 9.79 Å². The smallest absolute Gasteiger partial charge is 0.225 e. The number of aliphatic imine (C=N–C) groups is 1. The van der Waals surface area contributed by atoms with Gasteiger partial charge in [0.2, 0.25) is 5.91 Å². The number of nitrogens with one attached hydrogen (secondary N) is 2. The zero-order valence-corrected chi connectivity index (χ0v) is 17.6. The van der Waals surface area contributed by atoms with E-state index in [0.717, 1.165) is 57.7 Å². The molecule has 6 nitrogen and oxygen atoms in total. The van der Waals surface area contributed by atoms with E-state index in [-0.39, 0.29) is 24.0 Å². The maximum Gasteiger partial charge on any atom is 0.225 e. The highest BCUT2D eigenvalue weighted by Crippen LogP contribution is 2.27. The van der Waals surface area contributed by atoms with Gasteiger partial charge >= 0.3 is 0 Å². The van der Waals surface area contributed by atoms with Gasteiger partial charge in [0.15, 0.2) is 5.96 Å². The summed E-state index contributed by atoms with van der Waals surface area (Å²) in [5.41, 5.74) is -0.138. The molecule has 0 radical (unpaired) electrons. The number of amides is 1. The minimum absolute atomic E-state index is 0.138. The molecular weight excluding hydrogens is 340 g/mol. The van der Waals surface area contributed by atoms with Crippen molar-refractivity contribution in [1.82, 2.24) is 15.5 Å². The van der Waals surface area contributed by atoms with Gasteiger partial charge in [0.05, 0.1) is 13.2 Å². The molecule has 2 rings (SSSR count). The molecule has 0 spiro atoms. The second kappa shape index (κ2) is 10.9. The summed E-state index contributed by atoms with van der Waals surface area (Å²) in [6.45, 7) is 9.47. The fourth-order valence-corrected chi connectivity index (χ4v) is 4.19. The van der Waals surface area contributed by atoms with E-state index in [1.807, 2.05) is 4.90 Å². The average Bonchev–Trinajstić information content (AvgIpc) is 3.18. The molecular formula is C21H40N4O2. The Morgan fingerprint density at radius 2 is 1.85 bits per heavy atom. The Kier molecular flexibility index (Phi) is 8.87. The summed E-state index contributed by atoms with van der Waals surface area (Å²) < 4.78 is 0. The van der Waals surface area contributed by atoms with Crippen LogP contribution < -0.4 is 10.6 Å². The highest BCUT2D eigenvalue weighted by molar-refractivity contribution is 5.81. The highest BCUT2D eigenvalue weighted by Gasteiger charge is 2.32. The number of guanidine groups is 1. The van der Waals surface area contributed by atoms with Crippen LogP contribution in [0, 0.1) is 11.3 Å². The molecule has 0 aromatic carbocycles. The van der Waals surface area contributed by atoms with Gasteiger partial charge in [-0.15, -0.1) is 0 Å². The third-order valence-electron chi connectivity index (χ3n) is 6.55. The molecule has 2 aliphatic rings. The largest absolute Gasteiger partial charge is 0.396 e. The van der Waals surface area contributed by atoms with E-state index in [2.05, 4.69) is 31.4 Å². The molecule has 6 heteroatoms. The molecule has 1 aliphatic heterocycles. The third kappa shape index (κ3) is 6.09. The first kappa shape index (κ1) is 22.0. The molecule has 1 unspecified atom stereocenters. The summed E-state index contributed by atoms with van der Waals surface area (Å²) in [5, 5.41) is 16.6. The lowest BCUT2D eigenvalue weighted by molar-refractivity contribution is -0.135. The van der Waals surface area contributed by atoms with Crippen molar-refractivity contribution < 1.29 is 9.90 Å². The van der Waals surface area contributed by atoms with Crippen LogP contribution in [0.3, 0.4) is 0 Å². The number of hydrogen-bond donors (Lipinski definition) is 3. The monoisotopic (exact) mass is 380 g/mol. The fraction of sp³-hybridized carbons (Fsp3) is 0.905. The Bertz CT molecular complexity index is 476. The van der Waals surface area contributed by atoms with Crippen molar-refractivity contribution in [2.45, 2.75) is 78.2 Å². The summed E-state index contributed by atoms with van der Waals surface area (Å²) in [7, 11) is 0. The standard InChI is InChI=1S/C21H40N4O2/c1-4-21(5-2,16-26)15-23-20(22-6-3)24-18-12-13-25(14-18)19(27)17-10-8-7-9-11-17/h17-18,26H,4-16H2,1-3H3,(H2,22,23,24). The zero-order valence-electron chi connectivity index (χ0n) is 17.6. The summed E-state index contributed by atoms with van der Waals surface area (Å²) in [6.07, 6.45) is 8.60. The maximum absolute atomic E-state index is 12.8. The van der Waals surface area contributed by atoms with Crippen LogP contribution in [0.1, 0.15) is 72.1 Å². The molecule has 1 aliphatic carbocycles. The minimum atomic E-state index is -0.138. The van der Waals surface area contributed by atoms with Gasteiger partial charge in [-0.25, -0.2) is 0 Å². The number of likely N-dealkylation sites (tertiary alicyclic amines) is 1. The molecule has 0 aromatic rings. The predicted molar refractivity (Wildman–Crippen MR) is 111 cm³/mol. The zero-order chi connectivity index (χ0) is 19.7. The molecule has 2 fully saturated rings. The average molecular weight is 381 g/mol. The SMILES string of the molecule is CCNC(=NCC(CC)(CC)CO)NC1CCN(C(=O)C2CCCCC2)C1. The number of hydrogen-bond acceptors (Lipinski definition) is 3. The third-order valence-corrected chi connectivity index (χ3v) is 6.55. The van der Waals surface area contributed by atoms with Crippen molar-refractivity contribution in [3.63, 3.8) is 0 Å². The molecule has 1 saturated heterocycles. The van der Waals surface area contributed by atoms with Crippen LogP contribution in [0.2, 0.25) is 0 Å². The molecule has 0 bridgehead atoms. The lowest BCUT2D eigenvalue weighted by Crippen LogP contribution is -2.46. The molecule has 0 aromatic heterocycles. The van der Waals surface area contributed by atoms with Crippen molar-refractivity contribution in [2.75, 3.05) is 32.8 Å². The number of carbonyl (C=O) groups is 1. The number of carbonyl (C=O) groups excluding carboxylic acids is 1. The van der Waals surface area contributed by atoms with Gasteiger partial charge in [-0.2, -0.15) is 0 Å². The topological polar surface area (TPSA) is 77.0 Å². The van der Waals surface area contributed by atoms with Crippen LogP contribution in [0.15, 0.2) is 4.99 Å². The Hall–Kier alpha value is -1.30. The fourth-order valence-electron chi connectivity index (χ4n) is 4.19. The summed E-state index contributed by atoms with van der Waals surface area (Å²) in [5.74, 6) is 1.41. The predicted octanol–water partition coefficient (Wildman–Crippen LogP) is 2.52.